The van der Waals surface area contributed by atoms with Gasteiger partial charge in [0, 0.05) is 11.3 Å². The molecule has 5 rings (SSSR count). The van der Waals surface area contributed by atoms with Crippen LogP contribution < -0.4 is 0 Å². The number of fused-ring (bicyclic) bond motifs is 7. The smallest absolute Gasteiger partial charge is 0.310 e. The van der Waals surface area contributed by atoms with E-state index < -0.39 is 40.5 Å². The third-order valence-electron chi connectivity index (χ3n) is 13.4. The quantitative estimate of drug-likeness (QED) is 0.363. The maximum Gasteiger partial charge on any atom is 0.310 e. The van der Waals surface area contributed by atoms with E-state index in [0.29, 0.717) is 25.2 Å². The van der Waals surface area contributed by atoms with E-state index in [1.807, 2.05) is 6.92 Å². The minimum Gasteiger partial charge on any atom is -0.481 e. The summed E-state index contributed by atoms with van der Waals surface area (Å²) in [5.41, 5.74) is -1.41. The second kappa shape index (κ2) is 8.03. The number of carboxylic acids is 1. The van der Waals surface area contributed by atoms with Crippen LogP contribution in [-0.2, 0) is 4.79 Å². The van der Waals surface area contributed by atoms with Crippen LogP contribution in [0.25, 0.3) is 0 Å². The molecule has 0 aromatic rings. The van der Waals surface area contributed by atoms with Crippen molar-refractivity contribution in [3.8, 4) is 0 Å². The van der Waals surface area contributed by atoms with E-state index in [1.54, 1.807) is 0 Å². The molecule has 4 fully saturated rings. The van der Waals surface area contributed by atoms with Gasteiger partial charge in [-0.15, -0.1) is 0 Å². The number of carboxylic acid groups (broad SMARTS) is 1. The lowest BCUT2D eigenvalue weighted by Gasteiger charge is -2.72. The minimum atomic E-state index is -1.08. The van der Waals surface area contributed by atoms with Crippen molar-refractivity contribution in [3.05, 3.63) is 11.6 Å². The Labute approximate surface area is 216 Å². The predicted molar refractivity (Wildman–Crippen MR) is 137 cm³/mol. The highest BCUT2D eigenvalue weighted by atomic mass is 16.4. The SMILES string of the molecule is C[C@H]1[C@H](C)CC[C@]2(C(=O)O)CC[C@]3(C)C(=CC[C@@H]4[C@@]5(C)C[C@@H](O)[C@H](O)[C@@](C)(CO)[C@H]5[C@H](O)C[C@]43C)[C@@H]12. The number of carbonyl (C=O) groups is 1. The molecule has 4 saturated carbocycles. The zero-order valence-electron chi connectivity index (χ0n) is 23.0. The summed E-state index contributed by atoms with van der Waals surface area (Å²) in [6.07, 6.45) is 4.44. The molecule has 0 heterocycles. The molecular formula is C30H48O6. The Morgan fingerprint density at radius 2 is 1.67 bits per heavy atom. The van der Waals surface area contributed by atoms with Crippen LogP contribution in [0.5, 0.6) is 0 Å². The minimum absolute atomic E-state index is 0.000534. The number of rotatable bonds is 2. The zero-order chi connectivity index (χ0) is 26.6. The molecule has 0 aliphatic heterocycles. The lowest BCUT2D eigenvalue weighted by Crippen LogP contribution is -2.71. The van der Waals surface area contributed by atoms with Crippen molar-refractivity contribution in [3.63, 3.8) is 0 Å². The van der Waals surface area contributed by atoms with E-state index in [1.165, 1.54) is 5.57 Å². The van der Waals surface area contributed by atoms with E-state index in [-0.39, 0.29) is 41.1 Å². The van der Waals surface area contributed by atoms with Crippen molar-refractivity contribution in [1.29, 1.82) is 0 Å². The Morgan fingerprint density at radius 3 is 2.28 bits per heavy atom. The topological polar surface area (TPSA) is 118 Å². The molecule has 0 aromatic heterocycles. The average Bonchev–Trinajstić information content (AvgIpc) is 2.80. The number of aliphatic hydroxyl groups is 4. The maximum absolute atomic E-state index is 12.8. The average molecular weight is 505 g/mol. The molecule has 5 aliphatic carbocycles. The molecule has 0 amide bonds. The highest BCUT2D eigenvalue weighted by Gasteiger charge is 2.72. The molecule has 6 nitrogen and oxygen atoms in total. The van der Waals surface area contributed by atoms with Crippen molar-refractivity contribution in [2.24, 2.45) is 56.7 Å². The van der Waals surface area contributed by atoms with Gasteiger partial charge in [-0.3, -0.25) is 4.79 Å². The molecule has 13 atom stereocenters. The fourth-order valence-corrected chi connectivity index (χ4v) is 11.2. The van der Waals surface area contributed by atoms with Crippen LogP contribution in [0.3, 0.4) is 0 Å². The first kappa shape index (κ1) is 26.6. The summed E-state index contributed by atoms with van der Waals surface area (Å²) in [6.45, 7) is 12.8. The first-order chi connectivity index (χ1) is 16.6. The maximum atomic E-state index is 12.8. The van der Waals surface area contributed by atoms with Gasteiger partial charge in [-0.05, 0) is 84.9 Å². The Balaban J connectivity index is 1.65. The summed E-state index contributed by atoms with van der Waals surface area (Å²) < 4.78 is 0. The molecule has 0 radical (unpaired) electrons. The van der Waals surface area contributed by atoms with E-state index in [2.05, 4.69) is 40.7 Å². The van der Waals surface area contributed by atoms with Crippen molar-refractivity contribution in [1.82, 2.24) is 0 Å². The molecular weight excluding hydrogens is 456 g/mol. The van der Waals surface area contributed by atoms with Crippen LogP contribution in [0.1, 0.15) is 86.5 Å². The van der Waals surface area contributed by atoms with Crippen LogP contribution in [0.2, 0.25) is 0 Å². The van der Waals surface area contributed by atoms with Crippen LogP contribution in [-0.4, -0.2) is 56.4 Å². The Hall–Kier alpha value is -0.950. The summed E-state index contributed by atoms with van der Waals surface area (Å²) in [5, 5.41) is 54.7. The third-order valence-corrected chi connectivity index (χ3v) is 13.4. The van der Waals surface area contributed by atoms with Crippen LogP contribution in [0.4, 0.5) is 0 Å². The summed E-state index contributed by atoms with van der Waals surface area (Å²) in [4.78, 5) is 12.8. The fraction of sp³-hybridized carbons (Fsp3) is 0.900. The molecule has 0 spiro atoms. The summed E-state index contributed by atoms with van der Waals surface area (Å²) in [5.74, 6) is -0.0914. The summed E-state index contributed by atoms with van der Waals surface area (Å²) in [7, 11) is 0. The second-order valence-electron chi connectivity index (χ2n) is 14.6. The first-order valence-electron chi connectivity index (χ1n) is 14.2. The Morgan fingerprint density at radius 1 is 1.00 bits per heavy atom. The lowest BCUT2D eigenvalue weighted by molar-refractivity contribution is -0.273. The van der Waals surface area contributed by atoms with Crippen molar-refractivity contribution >= 4 is 5.97 Å². The molecule has 0 unspecified atom stereocenters. The number of hydrogen-bond acceptors (Lipinski definition) is 5. The molecule has 5 N–H and O–H groups in total. The summed E-state index contributed by atoms with van der Waals surface area (Å²) >= 11 is 0. The van der Waals surface area contributed by atoms with Crippen molar-refractivity contribution < 1.29 is 30.3 Å². The predicted octanol–water partition coefficient (Wildman–Crippen LogP) is 4.00. The number of aliphatic carboxylic acids is 1. The van der Waals surface area contributed by atoms with Gasteiger partial charge in [-0.1, -0.05) is 53.2 Å². The monoisotopic (exact) mass is 504 g/mol. The van der Waals surface area contributed by atoms with E-state index in [9.17, 15) is 30.3 Å². The van der Waals surface area contributed by atoms with Gasteiger partial charge in [0.05, 0.1) is 30.3 Å². The first-order valence-corrected chi connectivity index (χ1v) is 14.2. The molecule has 0 bridgehead atoms. The largest absolute Gasteiger partial charge is 0.481 e. The normalized spacial score (nSPS) is 58.6. The molecule has 6 heteroatoms. The second-order valence-corrected chi connectivity index (χ2v) is 14.6. The van der Waals surface area contributed by atoms with Crippen molar-refractivity contribution in [2.45, 2.75) is 105 Å². The standard InChI is InChI=1S/C30H48O6/c1-16-9-10-30(25(35)36)12-11-28(5)18(22(30)17(16)2)7-8-21-26(3)13-20(33)24(34)27(4,15-31)23(26)19(32)14-29(21,28)6/h7,16-17,19-24,31-34H,8-15H2,1-6H3,(H,35,36)/t16-,17+,19-,20-,21-,22-,23+,24+,26-,27+,28-,29-,30+/m1/s1. The van der Waals surface area contributed by atoms with E-state index in [0.717, 1.165) is 25.7 Å². The van der Waals surface area contributed by atoms with Crippen LogP contribution >= 0.6 is 0 Å². The van der Waals surface area contributed by atoms with Gasteiger partial charge < -0.3 is 25.5 Å². The molecule has 5 aliphatic rings. The molecule has 0 aromatic carbocycles. The van der Waals surface area contributed by atoms with E-state index in [4.69, 9.17) is 0 Å². The third kappa shape index (κ3) is 2.96. The van der Waals surface area contributed by atoms with Gasteiger partial charge >= 0.3 is 5.97 Å². The van der Waals surface area contributed by atoms with Crippen molar-refractivity contribution in [2.75, 3.05) is 6.61 Å². The van der Waals surface area contributed by atoms with Crippen LogP contribution in [0.15, 0.2) is 11.6 Å². The Kier molecular flexibility index (Phi) is 5.95. The summed E-state index contributed by atoms with van der Waals surface area (Å²) in [6, 6.07) is 0. The highest BCUT2D eigenvalue weighted by molar-refractivity contribution is 5.76. The number of aliphatic hydroxyl groups excluding tert-OH is 4. The van der Waals surface area contributed by atoms with Gasteiger partial charge in [0.2, 0.25) is 0 Å². The zero-order valence-corrected chi connectivity index (χ0v) is 23.0. The highest BCUT2D eigenvalue weighted by Crippen LogP contribution is 2.75. The molecule has 0 saturated heterocycles. The number of allylic oxidation sites excluding steroid dienone is 2. The van der Waals surface area contributed by atoms with E-state index >= 15 is 0 Å². The molecule has 36 heavy (non-hydrogen) atoms. The van der Waals surface area contributed by atoms with Gasteiger partial charge in [-0.25, -0.2) is 0 Å². The number of hydrogen-bond donors (Lipinski definition) is 5. The van der Waals surface area contributed by atoms with Gasteiger partial charge in [-0.2, -0.15) is 0 Å². The Bertz CT molecular complexity index is 963. The fourth-order valence-electron chi connectivity index (χ4n) is 11.2. The molecule has 204 valence electrons. The van der Waals surface area contributed by atoms with Crippen LogP contribution in [0, 0.1) is 56.7 Å². The van der Waals surface area contributed by atoms with Gasteiger partial charge in [0.25, 0.3) is 0 Å². The lowest BCUT2D eigenvalue weighted by atomic mass is 9.32. The van der Waals surface area contributed by atoms with Gasteiger partial charge in [0.1, 0.15) is 0 Å². The van der Waals surface area contributed by atoms with Gasteiger partial charge in [0.15, 0.2) is 0 Å².